The van der Waals surface area contributed by atoms with E-state index < -0.39 is 0 Å². The zero-order valence-corrected chi connectivity index (χ0v) is 13.2. The molecule has 1 atom stereocenters. The number of carbonyl (C=O) groups is 1. The molecular formula is C17H30O2. The predicted octanol–water partition coefficient (Wildman–Crippen LogP) is 4.86. The Bertz CT molecular complexity index is 334. The van der Waals surface area contributed by atoms with Crippen LogP contribution in [0.2, 0.25) is 0 Å². The number of esters is 1. The highest BCUT2D eigenvalue weighted by molar-refractivity contribution is 5.76. The monoisotopic (exact) mass is 266 g/mol. The van der Waals surface area contributed by atoms with E-state index in [4.69, 9.17) is 4.74 Å². The molecular weight excluding hydrogens is 236 g/mol. The van der Waals surface area contributed by atoms with Crippen LogP contribution in [0.3, 0.4) is 0 Å². The third kappa shape index (κ3) is 2.32. The van der Waals surface area contributed by atoms with Crippen LogP contribution in [-0.2, 0) is 9.53 Å². The van der Waals surface area contributed by atoms with Crippen molar-refractivity contribution in [2.45, 2.75) is 91.1 Å². The minimum Gasteiger partial charge on any atom is -0.458 e. The fraction of sp³-hybridized carbons (Fsp3) is 0.941. The first-order valence-electron chi connectivity index (χ1n) is 8.15. The Morgan fingerprint density at radius 1 is 1.05 bits per heavy atom. The summed E-state index contributed by atoms with van der Waals surface area (Å²) in [5.41, 5.74) is -0.196. The lowest BCUT2D eigenvalue weighted by molar-refractivity contribution is -0.184. The second-order valence-corrected chi connectivity index (χ2v) is 7.32. The lowest BCUT2D eigenvalue weighted by atomic mass is 9.71. The van der Waals surface area contributed by atoms with Crippen molar-refractivity contribution in [1.29, 1.82) is 0 Å². The zero-order chi connectivity index (χ0) is 14.1. The van der Waals surface area contributed by atoms with Gasteiger partial charge in [-0.1, -0.05) is 26.7 Å². The minimum absolute atomic E-state index is 0.0185. The Balaban J connectivity index is 2.21. The van der Waals surface area contributed by atoms with Crippen LogP contribution in [0.5, 0.6) is 0 Å². The summed E-state index contributed by atoms with van der Waals surface area (Å²) < 4.78 is 6.20. The lowest BCUT2D eigenvalue weighted by Gasteiger charge is -2.44. The van der Waals surface area contributed by atoms with E-state index in [1.807, 2.05) is 13.8 Å². The van der Waals surface area contributed by atoms with Gasteiger partial charge >= 0.3 is 5.97 Å². The van der Waals surface area contributed by atoms with Gasteiger partial charge in [0.15, 0.2) is 0 Å². The molecule has 110 valence electrons. The summed E-state index contributed by atoms with van der Waals surface area (Å²) in [7, 11) is 0. The van der Waals surface area contributed by atoms with Crippen LogP contribution in [0.1, 0.15) is 85.5 Å². The van der Waals surface area contributed by atoms with E-state index in [1.165, 1.54) is 38.5 Å². The molecule has 1 unspecified atom stereocenters. The van der Waals surface area contributed by atoms with Crippen molar-refractivity contribution >= 4 is 5.97 Å². The Morgan fingerprint density at radius 3 is 2.16 bits per heavy atom. The summed E-state index contributed by atoms with van der Waals surface area (Å²) in [5.74, 6) is 0.0185. The van der Waals surface area contributed by atoms with Crippen molar-refractivity contribution in [3.8, 4) is 0 Å². The number of carbonyl (C=O) groups excluding carboxylic acids is 1. The van der Waals surface area contributed by atoms with Gasteiger partial charge in [-0.05, 0) is 58.8 Å². The Kier molecular flexibility index (Phi) is 3.99. The fourth-order valence-corrected chi connectivity index (χ4v) is 4.21. The van der Waals surface area contributed by atoms with Gasteiger partial charge in [0.1, 0.15) is 5.60 Å². The van der Waals surface area contributed by atoms with Crippen LogP contribution in [0.15, 0.2) is 0 Å². The van der Waals surface area contributed by atoms with Crippen LogP contribution in [-0.4, -0.2) is 11.6 Å². The summed E-state index contributed by atoms with van der Waals surface area (Å²) in [6, 6.07) is 0. The summed E-state index contributed by atoms with van der Waals surface area (Å²) in [6.45, 7) is 8.29. The molecule has 2 nitrogen and oxygen atoms in total. The van der Waals surface area contributed by atoms with E-state index in [-0.39, 0.29) is 17.0 Å². The van der Waals surface area contributed by atoms with Crippen LogP contribution in [0, 0.1) is 10.8 Å². The molecule has 2 aliphatic rings. The van der Waals surface area contributed by atoms with Gasteiger partial charge < -0.3 is 4.74 Å². The summed E-state index contributed by atoms with van der Waals surface area (Å²) in [4.78, 5) is 12.5. The van der Waals surface area contributed by atoms with Gasteiger partial charge in [-0.15, -0.1) is 0 Å². The SMILES string of the molecule is CCC(C)(C)C(=O)OC1(CC)CCCC12CCCC2. The number of ether oxygens (including phenoxy) is 1. The Morgan fingerprint density at radius 2 is 1.63 bits per heavy atom. The first-order valence-corrected chi connectivity index (χ1v) is 8.15. The third-order valence-electron chi connectivity index (χ3n) is 6.06. The summed E-state index contributed by atoms with van der Waals surface area (Å²) >= 11 is 0. The molecule has 0 radical (unpaired) electrons. The van der Waals surface area contributed by atoms with E-state index in [0.717, 1.165) is 19.3 Å². The van der Waals surface area contributed by atoms with Gasteiger partial charge in [-0.25, -0.2) is 0 Å². The predicted molar refractivity (Wildman–Crippen MR) is 77.9 cm³/mol. The van der Waals surface area contributed by atoms with Crippen molar-refractivity contribution in [2.75, 3.05) is 0 Å². The van der Waals surface area contributed by atoms with E-state index >= 15 is 0 Å². The first-order chi connectivity index (χ1) is 8.91. The Hall–Kier alpha value is -0.530. The molecule has 0 aromatic rings. The Labute approximate surface area is 118 Å². The molecule has 0 bridgehead atoms. The number of hydrogen-bond acceptors (Lipinski definition) is 2. The highest BCUT2D eigenvalue weighted by Crippen LogP contribution is 2.59. The largest absolute Gasteiger partial charge is 0.458 e. The van der Waals surface area contributed by atoms with Crippen LogP contribution in [0.25, 0.3) is 0 Å². The average Bonchev–Trinajstić information content (AvgIpc) is 3.00. The maximum Gasteiger partial charge on any atom is 0.312 e. The normalized spacial score (nSPS) is 29.9. The molecule has 2 rings (SSSR count). The van der Waals surface area contributed by atoms with E-state index in [2.05, 4.69) is 13.8 Å². The van der Waals surface area contributed by atoms with Crippen LogP contribution in [0.4, 0.5) is 0 Å². The maximum absolute atomic E-state index is 12.5. The van der Waals surface area contributed by atoms with Gasteiger partial charge in [-0.3, -0.25) is 4.79 Å². The maximum atomic E-state index is 12.5. The van der Waals surface area contributed by atoms with Crippen molar-refractivity contribution in [3.05, 3.63) is 0 Å². The highest BCUT2D eigenvalue weighted by atomic mass is 16.6. The minimum atomic E-state index is -0.343. The van der Waals surface area contributed by atoms with Gasteiger partial charge in [0.25, 0.3) is 0 Å². The molecule has 0 heterocycles. The van der Waals surface area contributed by atoms with Gasteiger partial charge in [0, 0.05) is 5.41 Å². The van der Waals surface area contributed by atoms with Crippen molar-refractivity contribution in [2.24, 2.45) is 10.8 Å². The van der Waals surface area contributed by atoms with Gasteiger partial charge in [0.05, 0.1) is 5.41 Å². The summed E-state index contributed by atoms with van der Waals surface area (Å²) in [5, 5.41) is 0. The van der Waals surface area contributed by atoms with E-state index in [0.29, 0.717) is 5.41 Å². The molecule has 1 spiro atoms. The molecule has 0 saturated heterocycles. The van der Waals surface area contributed by atoms with Gasteiger partial charge in [-0.2, -0.15) is 0 Å². The molecule has 2 fully saturated rings. The third-order valence-corrected chi connectivity index (χ3v) is 6.06. The molecule has 0 aromatic carbocycles. The molecule has 2 heteroatoms. The van der Waals surface area contributed by atoms with E-state index in [1.54, 1.807) is 0 Å². The molecule has 0 N–H and O–H groups in total. The van der Waals surface area contributed by atoms with E-state index in [9.17, 15) is 4.79 Å². The highest BCUT2D eigenvalue weighted by Gasteiger charge is 2.57. The average molecular weight is 266 g/mol. The quantitative estimate of drug-likeness (QED) is 0.679. The van der Waals surface area contributed by atoms with Gasteiger partial charge in [0.2, 0.25) is 0 Å². The van der Waals surface area contributed by atoms with Crippen molar-refractivity contribution in [3.63, 3.8) is 0 Å². The fourth-order valence-electron chi connectivity index (χ4n) is 4.21. The molecule has 0 aromatic heterocycles. The smallest absolute Gasteiger partial charge is 0.312 e. The second-order valence-electron chi connectivity index (χ2n) is 7.32. The topological polar surface area (TPSA) is 26.3 Å². The molecule has 0 amide bonds. The number of rotatable bonds is 4. The molecule has 2 saturated carbocycles. The lowest BCUT2D eigenvalue weighted by Crippen LogP contribution is -2.48. The van der Waals surface area contributed by atoms with Crippen molar-refractivity contribution < 1.29 is 9.53 Å². The van der Waals surface area contributed by atoms with Crippen molar-refractivity contribution in [1.82, 2.24) is 0 Å². The van der Waals surface area contributed by atoms with Crippen LogP contribution >= 0.6 is 0 Å². The molecule has 0 aliphatic heterocycles. The zero-order valence-electron chi connectivity index (χ0n) is 13.2. The number of hydrogen-bond donors (Lipinski definition) is 0. The molecule has 19 heavy (non-hydrogen) atoms. The molecule has 2 aliphatic carbocycles. The first kappa shape index (κ1) is 14.9. The standard InChI is InChI=1S/C17H30O2/c1-5-15(3,4)14(18)19-17(6-2)13-9-12-16(17)10-7-8-11-16/h5-13H2,1-4H3. The van der Waals surface area contributed by atoms with Crippen LogP contribution < -0.4 is 0 Å². The second kappa shape index (κ2) is 5.10. The summed E-state index contributed by atoms with van der Waals surface area (Å²) in [6.07, 6.45) is 10.6.